The molecule has 1 aliphatic carbocycles. The van der Waals surface area contributed by atoms with Gasteiger partial charge < -0.3 is 5.32 Å². The van der Waals surface area contributed by atoms with Crippen molar-refractivity contribution >= 4 is 12.6 Å². The molecule has 1 saturated carbocycles. The molecule has 1 fully saturated rings. The first-order valence-electron chi connectivity index (χ1n) is 4.04. The zero-order valence-corrected chi connectivity index (χ0v) is 7.75. The molecule has 2 heteroatoms. The Hall–Kier alpha value is 0.310. The normalized spacial score (nSPS) is 20.7. The lowest BCUT2D eigenvalue weighted by atomic mass is 9.93. The molecule has 0 radical (unpaired) electrons. The highest BCUT2D eigenvalue weighted by atomic mass is 32.1. The largest absolute Gasteiger partial charge is 0.313 e. The first kappa shape index (κ1) is 8.41. The Morgan fingerprint density at radius 1 is 1.50 bits per heavy atom. The van der Waals surface area contributed by atoms with E-state index in [9.17, 15) is 0 Å². The van der Waals surface area contributed by atoms with Gasteiger partial charge in [-0.05, 0) is 26.7 Å². The zero-order valence-electron chi connectivity index (χ0n) is 6.85. The summed E-state index contributed by atoms with van der Waals surface area (Å²) in [6.07, 6.45) is 4.14. The fourth-order valence-electron chi connectivity index (χ4n) is 1.01. The molecular formula is C8H17NS. The Labute approximate surface area is 69.0 Å². The summed E-state index contributed by atoms with van der Waals surface area (Å²) >= 11 is 4.43. The van der Waals surface area contributed by atoms with Crippen molar-refractivity contribution in [3.05, 3.63) is 0 Å². The Balaban J connectivity index is 2.04. The Kier molecular flexibility index (Phi) is 2.64. The number of hydrogen-bond acceptors (Lipinski definition) is 2. The van der Waals surface area contributed by atoms with E-state index in [4.69, 9.17) is 0 Å². The average molecular weight is 159 g/mol. The molecule has 1 N–H and O–H groups in total. The van der Waals surface area contributed by atoms with Gasteiger partial charge in [0.2, 0.25) is 0 Å². The van der Waals surface area contributed by atoms with Crippen LogP contribution in [0, 0.1) is 0 Å². The minimum atomic E-state index is 0.148. The lowest BCUT2D eigenvalue weighted by molar-refractivity contribution is 0.332. The number of nitrogens with one attached hydrogen (secondary N) is 1. The van der Waals surface area contributed by atoms with Gasteiger partial charge in [0, 0.05) is 17.3 Å². The van der Waals surface area contributed by atoms with Crippen LogP contribution in [0.1, 0.15) is 33.1 Å². The van der Waals surface area contributed by atoms with Crippen LogP contribution in [-0.2, 0) is 0 Å². The van der Waals surface area contributed by atoms with E-state index in [1.807, 2.05) is 0 Å². The van der Waals surface area contributed by atoms with E-state index in [0.29, 0.717) is 0 Å². The first-order valence-corrected chi connectivity index (χ1v) is 4.48. The van der Waals surface area contributed by atoms with Crippen molar-refractivity contribution in [2.75, 3.05) is 6.54 Å². The van der Waals surface area contributed by atoms with Crippen LogP contribution in [0.25, 0.3) is 0 Å². The molecule has 10 heavy (non-hydrogen) atoms. The van der Waals surface area contributed by atoms with Crippen molar-refractivity contribution in [3.8, 4) is 0 Å². The fraction of sp³-hybridized carbons (Fsp3) is 1.00. The van der Waals surface area contributed by atoms with E-state index in [1.165, 1.54) is 19.3 Å². The highest BCUT2D eigenvalue weighted by Gasteiger charge is 2.19. The van der Waals surface area contributed by atoms with Gasteiger partial charge in [0.25, 0.3) is 0 Å². The van der Waals surface area contributed by atoms with Crippen molar-refractivity contribution in [2.24, 2.45) is 0 Å². The van der Waals surface area contributed by atoms with Crippen LogP contribution in [0.3, 0.4) is 0 Å². The molecule has 1 aliphatic rings. The van der Waals surface area contributed by atoms with Gasteiger partial charge in [-0.25, -0.2) is 0 Å². The summed E-state index contributed by atoms with van der Waals surface area (Å²) in [7, 11) is 0. The quantitative estimate of drug-likeness (QED) is 0.599. The van der Waals surface area contributed by atoms with Crippen LogP contribution >= 0.6 is 12.6 Å². The summed E-state index contributed by atoms with van der Waals surface area (Å²) in [6, 6.07) is 0.798. The van der Waals surface area contributed by atoms with Crippen LogP contribution in [0.4, 0.5) is 0 Å². The molecule has 0 aromatic heterocycles. The lowest BCUT2D eigenvalue weighted by Gasteiger charge is -2.29. The molecule has 0 heterocycles. The molecule has 0 aliphatic heterocycles. The minimum absolute atomic E-state index is 0.148. The third-order valence-electron chi connectivity index (χ3n) is 1.93. The smallest absolute Gasteiger partial charge is 0.0198 e. The van der Waals surface area contributed by atoms with E-state index in [0.717, 1.165) is 12.6 Å². The van der Waals surface area contributed by atoms with E-state index in [-0.39, 0.29) is 4.75 Å². The maximum Gasteiger partial charge on any atom is 0.0198 e. The lowest BCUT2D eigenvalue weighted by Crippen LogP contribution is -2.41. The SMILES string of the molecule is CC(C)(S)CNC1CCC1. The predicted octanol–water partition coefficient (Wildman–Crippen LogP) is 1.84. The third-order valence-corrected chi connectivity index (χ3v) is 2.09. The average Bonchev–Trinajstić information content (AvgIpc) is 1.56. The first-order chi connectivity index (χ1) is 4.58. The topological polar surface area (TPSA) is 12.0 Å². The molecule has 0 spiro atoms. The molecule has 0 saturated heterocycles. The third kappa shape index (κ3) is 2.93. The molecule has 0 aromatic rings. The van der Waals surface area contributed by atoms with Gasteiger partial charge in [0.1, 0.15) is 0 Å². The van der Waals surface area contributed by atoms with Gasteiger partial charge in [0.15, 0.2) is 0 Å². The maximum atomic E-state index is 4.43. The molecule has 1 rings (SSSR count). The molecule has 0 unspecified atom stereocenters. The van der Waals surface area contributed by atoms with Crippen molar-refractivity contribution in [2.45, 2.75) is 43.9 Å². The van der Waals surface area contributed by atoms with Crippen LogP contribution in [-0.4, -0.2) is 17.3 Å². The molecule has 0 atom stereocenters. The van der Waals surface area contributed by atoms with Crippen molar-refractivity contribution in [1.82, 2.24) is 5.32 Å². The summed E-state index contributed by atoms with van der Waals surface area (Å²) < 4.78 is 0.148. The Bertz CT molecular complexity index is 102. The highest BCUT2D eigenvalue weighted by molar-refractivity contribution is 7.81. The molecule has 60 valence electrons. The van der Waals surface area contributed by atoms with E-state index in [2.05, 4.69) is 31.8 Å². The van der Waals surface area contributed by atoms with E-state index < -0.39 is 0 Å². The second-order valence-corrected chi connectivity index (χ2v) is 5.03. The summed E-state index contributed by atoms with van der Waals surface area (Å²) in [5, 5.41) is 3.48. The summed E-state index contributed by atoms with van der Waals surface area (Å²) in [6.45, 7) is 5.31. The Morgan fingerprint density at radius 3 is 2.40 bits per heavy atom. The molecular weight excluding hydrogens is 142 g/mol. The standard InChI is InChI=1S/C8H17NS/c1-8(2,10)6-9-7-4-3-5-7/h7,9-10H,3-6H2,1-2H3. The zero-order chi connectivity index (χ0) is 7.61. The van der Waals surface area contributed by atoms with Crippen molar-refractivity contribution in [1.29, 1.82) is 0 Å². The van der Waals surface area contributed by atoms with Gasteiger partial charge in [-0.3, -0.25) is 0 Å². The summed E-state index contributed by atoms with van der Waals surface area (Å²) in [5.41, 5.74) is 0. The van der Waals surface area contributed by atoms with Crippen LogP contribution in [0.15, 0.2) is 0 Å². The monoisotopic (exact) mass is 159 g/mol. The van der Waals surface area contributed by atoms with E-state index in [1.54, 1.807) is 0 Å². The fourth-order valence-corrected chi connectivity index (χ4v) is 1.10. The van der Waals surface area contributed by atoms with Crippen LogP contribution in [0.2, 0.25) is 0 Å². The van der Waals surface area contributed by atoms with Crippen LogP contribution < -0.4 is 5.32 Å². The highest BCUT2D eigenvalue weighted by Crippen LogP contribution is 2.19. The van der Waals surface area contributed by atoms with Crippen molar-refractivity contribution < 1.29 is 0 Å². The molecule has 0 bridgehead atoms. The summed E-state index contributed by atoms with van der Waals surface area (Å²) in [4.78, 5) is 0. The van der Waals surface area contributed by atoms with Gasteiger partial charge in [-0.15, -0.1) is 0 Å². The van der Waals surface area contributed by atoms with Crippen LogP contribution in [0.5, 0.6) is 0 Å². The van der Waals surface area contributed by atoms with Gasteiger partial charge in [-0.1, -0.05) is 6.42 Å². The van der Waals surface area contributed by atoms with E-state index >= 15 is 0 Å². The predicted molar refractivity (Wildman–Crippen MR) is 48.7 cm³/mol. The maximum absolute atomic E-state index is 4.43. The summed E-state index contributed by atoms with van der Waals surface area (Å²) in [5.74, 6) is 0. The molecule has 0 amide bonds. The second kappa shape index (κ2) is 3.14. The minimum Gasteiger partial charge on any atom is -0.313 e. The van der Waals surface area contributed by atoms with Gasteiger partial charge >= 0.3 is 0 Å². The second-order valence-electron chi connectivity index (χ2n) is 3.82. The van der Waals surface area contributed by atoms with Gasteiger partial charge in [-0.2, -0.15) is 12.6 Å². The number of thiol groups is 1. The van der Waals surface area contributed by atoms with Gasteiger partial charge in [0.05, 0.1) is 0 Å². The number of rotatable bonds is 3. The molecule has 0 aromatic carbocycles. The van der Waals surface area contributed by atoms with Crippen molar-refractivity contribution in [3.63, 3.8) is 0 Å². The Morgan fingerprint density at radius 2 is 2.10 bits per heavy atom. The molecule has 1 nitrogen and oxygen atoms in total. The number of hydrogen-bond donors (Lipinski definition) is 2.